The van der Waals surface area contributed by atoms with Crippen LogP contribution in [0.1, 0.15) is 28.5 Å². The van der Waals surface area contributed by atoms with Crippen LogP contribution in [0.5, 0.6) is 0 Å². The zero-order chi connectivity index (χ0) is 73.7. The van der Waals surface area contributed by atoms with Crippen LogP contribution in [0.25, 0.3) is 163 Å². The van der Waals surface area contributed by atoms with Gasteiger partial charge in [-0.3, -0.25) is 14.6 Å². The van der Waals surface area contributed by atoms with Crippen molar-refractivity contribution < 1.29 is 0 Å². The molecule has 0 unspecified atom stereocenters. The number of pyridine rings is 2. The van der Waals surface area contributed by atoms with E-state index in [1.165, 1.54) is 163 Å². The van der Waals surface area contributed by atoms with Crippen LogP contribution >= 0.6 is 0 Å². The van der Waals surface area contributed by atoms with Gasteiger partial charge in [-0.15, -0.1) is 0 Å². The summed E-state index contributed by atoms with van der Waals surface area (Å²) in [6, 6.07) is 94.1. The second kappa shape index (κ2) is 28.5. The molecule has 0 amide bonds. The Balaban J connectivity index is 0.0000000956. The molecule has 0 fully saturated rings. The summed E-state index contributed by atoms with van der Waals surface area (Å²) in [5.41, 5.74) is 19.7. The number of hydrogen-bond donors (Lipinski definition) is 0. The highest BCUT2D eigenvalue weighted by Gasteiger charge is 2.14. The maximum absolute atomic E-state index is 4.53. The number of hydrogen-bond acceptors (Lipinski definition) is 5. The van der Waals surface area contributed by atoms with Crippen LogP contribution in [0.3, 0.4) is 0 Å². The van der Waals surface area contributed by atoms with Crippen molar-refractivity contribution in [1.82, 2.24) is 57.1 Å². The second-order valence-electron chi connectivity index (χ2n) is 28.0. The van der Waals surface area contributed by atoms with E-state index in [9.17, 15) is 0 Å². The number of benzene rings is 13. The lowest BCUT2D eigenvalue weighted by Crippen LogP contribution is -1.90. The van der Waals surface area contributed by atoms with Crippen LogP contribution in [0.4, 0.5) is 0 Å². The van der Waals surface area contributed by atoms with E-state index in [1.54, 1.807) is 0 Å². The Bertz CT molecular complexity index is 6760. The van der Waals surface area contributed by atoms with Crippen LogP contribution in [0.15, 0.2) is 292 Å². The molecule has 22 rings (SSSR count). The van der Waals surface area contributed by atoms with E-state index in [1.807, 2.05) is 50.4 Å². The summed E-state index contributed by atoms with van der Waals surface area (Å²) in [6.45, 7) is 10.4. The van der Waals surface area contributed by atoms with Crippen molar-refractivity contribution in [3.8, 4) is 0 Å². The maximum Gasteiger partial charge on any atom is 0.106 e. The molecule has 13 aromatic carbocycles. The molecule has 9 aromatic heterocycles. The summed E-state index contributed by atoms with van der Waals surface area (Å²) in [5, 5.41) is 26.4. The SMILES string of the molecule is Cc1ccc2c(c1)c1cc(C)ccc1n2C.Cc1nc2cc3ccccc3cc2n1C.Cc1nc2ccc3ccccc3c2n1C.Cc1nn(C)c2cc3ccccc3cc12.Cn1c2ccccc2c2ccc3ccccc3c21.Cn1c2ccccc2c2ccncc21.Cn1c2ccccc2c2cnccc21. The molecule has 524 valence electrons. The van der Waals surface area contributed by atoms with Crippen molar-refractivity contribution >= 4 is 163 Å². The summed E-state index contributed by atoms with van der Waals surface area (Å²) in [6.07, 6.45) is 7.52. The van der Waals surface area contributed by atoms with Gasteiger partial charge >= 0.3 is 0 Å². The van der Waals surface area contributed by atoms with Gasteiger partial charge in [0.15, 0.2) is 0 Å². The molecule has 12 heteroatoms. The minimum atomic E-state index is 1.06. The van der Waals surface area contributed by atoms with E-state index < -0.39 is 0 Å². The molecule has 0 saturated carbocycles. The van der Waals surface area contributed by atoms with Crippen LogP contribution in [0.2, 0.25) is 0 Å². The molecule has 0 aliphatic carbocycles. The molecule has 0 aliphatic rings. The molecule has 22 aromatic rings. The highest BCUT2D eigenvalue weighted by Crippen LogP contribution is 2.35. The molecule has 12 nitrogen and oxygen atoms in total. The van der Waals surface area contributed by atoms with Crippen molar-refractivity contribution in [2.75, 3.05) is 0 Å². The average Bonchev–Trinajstić information content (AvgIpc) is 1.59. The predicted octanol–water partition coefficient (Wildman–Crippen LogP) is 23.0. The fraction of sp³-hybridized carbons (Fsp3) is 0.126. The number of para-hydroxylation sites is 3. The van der Waals surface area contributed by atoms with Gasteiger partial charge in [0.2, 0.25) is 0 Å². The third kappa shape index (κ3) is 12.7. The van der Waals surface area contributed by atoms with E-state index >= 15 is 0 Å². The molecule has 0 saturated heterocycles. The molecule has 0 atom stereocenters. The van der Waals surface area contributed by atoms with E-state index in [-0.39, 0.29) is 0 Å². The van der Waals surface area contributed by atoms with Crippen molar-refractivity contribution in [2.24, 2.45) is 49.3 Å². The van der Waals surface area contributed by atoms with E-state index in [4.69, 9.17) is 0 Å². The average molecular weight is 1390 g/mol. The zero-order valence-corrected chi connectivity index (χ0v) is 62.6. The van der Waals surface area contributed by atoms with E-state index in [2.05, 4.69) is 382 Å². The van der Waals surface area contributed by atoms with Gasteiger partial charge in [0.1, 0.15) is 11.6 Å². The van der Waals surface area contributed by atoms with Gasteiger partial charge in [0, 0.05) is 155 Å². The van der Waals surface area contributed by atoms with E-state index in [0.717, 1.165) is 28.4 Å². The summed E-state index contributed by atoms with van der Waals surface area (Å²) in [4.78, 5) is 17.4. The third-order valence-corrected chi connectivity index (χ3v) is 21.4. The lowest BCUT2D eigenvalue weighted by molar-refractivity contribution is 0.783. The van der Waals surface area contributed by atoms with Gasteiger partial charge in [0.25, 0.3) is 0 Å². The van der Waals surface area contributed by atoms with Crippen LogP contribution in [-0.4, -0.2) is 57.1 Å². The largest absolute Gasteiger partial charge is 0.344 e. The molecule has 107 heavy (non-hydrogen) atoms. The number of aryl methyl sites for hydroxylation is 12. The van der Waals surface area contributed by atoms with Crippen LogP contribution in [-0.2, 0) is 49.3 Å². The quantitative estimate of drug-likeness (QED) is 0.151. The van der Waals surface area contributed by atoms with Gasteiger partial charge in [-0.2, -0.15) is 5.10 Å². The Labute approximate surface area is 620 Å². The smallest absolute Gasteiger partial charge is 0.106 e. The lowest BCUT2D eigenvalue weighted by atomic mass is 10.1. The standard InChI is InChI=1S/C17H13N.C15H15N.3C13H12N2.2C12H10N2/c1-18-16-9-5-4-8-14(16)15-11-10-12-6-2-3-7-13(12)17(15)18;1-10-4-6-14-12(8-10)13-9-11(2)5-7-15(13)16(14)3;1-9-14-12-7-10-5-3-4-6-11(10)8-13(12)15(9)2;1-9-12-7-10-5-3-4-6-11(10)8-13(12)15(2)14-9;1-9-14-12-8-7-10-5-3-4-6-11(10)13(12)15(9)2;1-14-11-5-3-2-4-9(11)10-8-13-7-6-12(10)14;1-14-11-5-3-2-4-9(11)10-6-7-13-8-12(10)14/h2-11H,1H3;4-9H,1-3H3;3*3-8H,1-2H3;2*2-8H,1H3. The highest BCUT2D eigenvalue weighted by molar-refractivity contribution is 6.18. The van der Waals surface area contributed by atoms with Gasteiger partial charge in [-0.1, -0.05) is 193 Å². The topological polar surface area (TPSA) is 99.0 Å². The van der Waals surface area contributed by atoms with Gasteiger partial charge < -0.3 is 27.4 Å². The van der Waals surface area contributed by atoms with Crippen molar-refractivity contribution in [1.29, 1.82) is 0 Å². The van der Waals surface area contributed by atoms with Gasteiger partial charge in [-0.25, -0.2) is 9.97 Å². The molecule has 9 heterocycles. The summed E-state index contributed by atoms with van der Waals surface area (Å²) >= 11 is 0. The number of aromatic nitrogens is 12. The Hall–Kier alpha value is -13.2. The molecular formula is C95H84N12. The Morgan fingerprint density at radius 3 is 1.26 bits per heavy atom. The minimum absolute atomic E-state index is 1.06. The molecule has 0 aliphatic heterocycles. The number of imidazole rings is 2. The van der Waals surface area contributed by atoms with Crippen molar-refractivity contribution in [3.05, 3.63) is 320 Å². The number of fused-ring (bicyclic) bond motifs is 21. The molecule has 0 spiro atoms. The highest BCUT2D eigenvalue weighted by atomic mass is 15.3. The zero-order valence-electron chi connectivity index (χ0n) is 62.6. The third-order valence-electron chi connectivity index (χ3n) is 21.4. The first-order valence-electron chi connectivity index (χ1n) is 36.4. The molecule has 0 radical (unpaired) electrons. The first-order chi connectivity index (χ1) is 52.1. The molecule has 0 bridgehead atoms. The predicted molar refractivity (Wildman–Crippen MR) is 453 cm³/mol. The fourth-order valence-corrected chi connectivity index (χ4v) is 15.6. The first kappa shape index (κ1) is 68.2. The fourth-order valence-electron chi connectivity index (χ4n) is 15.6. The monoisotopic (exact) mass is 1390 g/mol. The number of rotatable bonds is 0. The van der Waals surface area contributed by atoms with Crippen molar-refractivity contribution in [2.45, 2.75) is 34.6 Å². The first-order valence-corrected chi connectivity index (χ1v) is 36.4. The Morgan fingerprint density at radius 1 is 0.234 bits per heavy atom. The number of nitrogens with zero attached hydrogens (tertiary/aromatic N) is 12. The minimum Gasteiger partial charge on any atom is -0.344 e. The Morgan fingerprint density at radius 2 is 0.654 bits per heavy atom. The lowest BCUT2D eigenvalue weighted by Gasteiger charge is -2.02. The molecular weight excluding hydrogens is 1310 g/mol. The summed E-state index contributed by atoms with van der Waals surface area (Å²) in [7, 11) is 14.6. The maximum atomic E-state index is 4.53. The van der Waals surface area contributed by atoms with Crippen LogP contribution < -0.4 is 0 Å². The van der Waals surface area contributed by atoms with Crippen molar-refractivity contribution in [3.63, 3.8) is 0 Å². The van der Waals surface area contributed by atoms with E-state index in [0.29, 0.717) is 0 Å². The second-order valence-corrected chi connectivity index (χ2v) is 28.0. The van der Waals surface area contributed by atoms with Gasteiger partial charge in [-0.05, 0) is 152 Å². The summed E-state index contributed by atoms with van der Waals surface area (Å²) < 4.78 is 15.2. The summed E-state index contributed by atoms with van der Waals surface area (Å²) in [5.74, 6) is 2.11. The molecule has 0 N–H and O–H groups in total. The van der Waals surface area contributed by atoms with Gasteiger partial charge in [0.05, 0.1) is 56.0 Å². The normalized spacial score (nSPS) is 11.4. The van der Waals surface area contributed by atoms with Crippen LogP contribution in [0, 0.1) is 34.6 Å². The Kier molecular flexibility index (Phi) is 18.1.